The van der Waals surface area contributed by atoms with Crippen molar-refractivity contribution in [2.45, 2.75) is 38.5 Å². The summed E-state index contributed by atoms with van der Waals surface area (Å²) in [7, 11) is 0. The summed E-state index contributed by atoms with van der Waals surface area (Å²) in [5.41, 5.74) is 20.8. The monoisotopic (exact) mass is 814 g/mol. The fraction of sp³-hybridized carbons (Fsp3) is 0.0938. The van der Waals surface area contributed by atoms with E-state index in [0.717, 1.165) is 0 Å². The summed E-state index contributed by atoms with van der Waals surface area (Å²) in [6, 6.07) is 78.0. The zero-order valence-electron chi connectivity index (χ0n) is 36.6. The highest BCUT2D eigenvalue weighted by Gasteiger charge is 2.36. The van der Waals surface area contributed by atoms with E-state index in [1.165, 1.54) is 132 Å². The Morgan fingerprint density at radius 2 is 0.688 bits per heavy atom. The number of hydrogen-bond donors (Lipinski definition) is 0. The van der Waals surface area contributed by atoms with E-state index in [-0.39, 0.29) is 10.8 Å². The highest BCUT2D eigenvalue weighted by atomic mass is 14.4. The smallest absolute Gasteiger partial charge is 0.0159 e. The van der Waals surface area contributed by atoms with Crippen molar-refractivity contribution in [1.82, 2.24) is 0 Å². The summed E-state index contributed by atoms with van der Waals surface area (Å²) in [6.45, 7) is 9.47. The van der Waals surface area contributed by atoms with Gasteiger partial charge in [-0.2, -0.15) is 0 Å². The third-order valence-corrected chi connectivity index (χ3v) is 15.0. The van der Waals surface area contributed by atoms with Gasteiger partial charge in [0.1, 0.15) is 0 Å². The Balaban J connectivity index is 1.04. The molecule has 302 valence electrons. The molecule has 2 aliphatic carbocycles. The van der Waals surface area contributed by atoms with Gasteiger partial charge in [-0.1, -0.05) is 210 Å². The minimum absolute atomic E-state index is 0.0622. The molecule has 11 aromatic carbocycles. The second kappa shape index (κ2) is 13.5. The fourth-order valence-corrected chi connectivity index (χ4v) is 11.9. The average molecular weight is 815 g/mol. The Labute approximate surface area is 375 Å². The molecule has 2 aliphatic rings. The van der Waals surface area contributed by atoms with Gasteiger partial charge in [-0.3, -0.25) is 0 Å². The van der Waals surface area contributed by atoms with Crippen LogP contribution in [0.5, 0.6) is 0 Å². The minimum Gasteiger partial charge on any atom is -0.0619 e. The van der Waals surface area contributed by atoms with E-state index >= 15 is 0 Å². The normalized spacial score (nSPS) is 14.2. The van der Waals surface area contributed by atoms with Crippen LogP contribution in [0.15, 0.2) is 206 Å². The highest BCUT2D eigenvalue weighted by molar-refractivity contribution is 6.30. The first-order chi connectivity index (χ1) is 31.3. The Kier molecular flexibility index (Phi) is 7.80. The molecule has 0 aromatic heterocycles. The summed E-state index contributed by atoms with van der Waals surface area (Å²) < 4.78 is 0. The van der Waals surface area contributed by atoms with Crippen LogP contribution in [0.25, 0.3) is 110 Å². The van der Waals surface area contributed by atoms with Crippen molar-refractivity contribution in [2.75, 3.05) is 0 Å². The molecule has 0 bridgehead atoms. The maximum absolute atomic E-state index is 2.45. The maximum atomic E-state index is 2.45. The molecule has 0 heteroatoms. The lowest BCUT2D eigenvalue weighted by Crippen LogP contribution is -2.14. The van der Waals surface area contributed by atoms with Gasteiger partial charge in [0.25, 0.3) is 0 Å². The number of rotatable bonds is 4. The Bertz CT molecular complexity index is 3780. The second-order valence-electron chi connectivity index (χ2n) is 19.2. The predicted octanol–water partition coefficient (Wildman–Crippen LogP) is 17.6. The molecule has 0 N–H and O–H groups in total. The first kappa shape index (κ1) is 37.1. The lowest BCUT2D eigenvalue weighted by atomic mass is 9.81. The first-order valence-corrected chi connectivity index (χ1v) is 22.7. The van der Waals surface area contributed by atoms with Crippen LogP contribution in [0.1, 0.15) is 49.9 Å². The Hall–Kier alpha value is -7.54. The van der Waals surface area contributed by atoms with E-state index in [1.54, 1.807) is 0 Å². The molecular formula is C64H46. The molecule has 0 radical (unpaired) electrons. The van der Waals surface area contributed by atoms with Gasteiger partial charge in [0, 0.05) is 10.8 Å². The molecule has 0 atom stereocenters. The van der Waals surface area contributed by atoms with Crippen LogP contribution in [-0.2, 0) is 10.8 Å². The molecule has 11 aromatic rings. The molecule has 0 nitrogen and oxygen atoms in total. The second-order valence-corrected chi connectivity index (χ2v) is 19.2. The molecule has 13 rings (SSSR count). The summed E-state index contributed by atoms with van der Waals surface area (Å²) in [5, 5.41) is 10.2. The van der Waals surface area contributed by atoms with Crippen LogP contribution in [0.3, 0.4) is 0 Å². The van der Waals surface area contributed by atoms with Crippen molar-refractivity contribution in [3.05, 3.63) is 229 Å². The molecule has 0 spiro atoms. The molecule has 64 heavy (non-hydrogen) atoms. The zero-order chi connectivity index (χ0) is 42.9. The fourth-order valence-electron chi connectivity index (χ4n) is 11.9. The van der Waals surface area contributed by atoms with Gasteiger partial charge in [-0.25, -0.2) is 0 Å². The first-order valence-electron chi connectivity index (χ1n) is 22.7. The van der Waals surface area contributed by atoms with Crippen molar-refractivity contribution < 1.29 is 0 Å². The minimum atomic E-state index is -0.0657. The number of hydrogen-bond acceptors (Lipinski definition) is 0. The molecule has 0 fully saturated rings. The molecular weight excluding hydrogens is 769 g/mol. The van der Waals surface area contributed by atoms with Gasteiger partial charge in [0.15, 0.2) is 0 Å². The number of benzene rings is 11. The van der Waals surface area contributed by atoms with E-state index in [0.29, 0.717) is 0 Å². The van der Waals surface area contributed by atoms with Crippen molar-refractivity contribution in [3.8, 4) is 66.8 Å². The summed E-state index contributed by atoms with van der Waals surface area (Å²) in [6.07, 6.45) is 0. The van der Waals surface area contributed by atoms with Crippen LogP contribution in [0, 0.1) is 0 Å². The quantitative estimate of drug-likeness (QED) is 0.123. The molecule has 0 saturated heterocycles. The van der Waals surface area contributed by atoms with E-state index in [1.807, 2.05) is 0 Å². The van der Waals surface area contributed by atoms with Gasteiger partial charge >= 0.3 is 0 Å². The van der Waals surface area contributed by atoms with E-state index < -0.39 is 0 Å². The Morgan fingerprint density at radius 3 is 1.30 bits per heavy atom. The summed E-state index contributed by atoms with van der Waals surface area (Å²) >= 11 is 0. The lowest BCUT2D eigenvalue weighted by Gasteiger charge is -2.22. The van der Waals surface area contributed by atoms with Crippen molar-refractivity contribution in [1.29, 1.82) is 0 Å². The SMILES string of the molecule is CC1(C)c2ccccc2-c2ccc(-c3cccc(-c4c5ccccc5c(-c5cccc(-c6ccc7c(c6)C(C)(C)c6ccccc6-7)c5)c5c4ccc4c6ccccc6ccc45)c3)cc21. The summed E-state index contributed by atoms with van der Waals surface area (Å²) in [5.74, 6) is 0. The Morgan fingerprint density at radius 1 is 0.250 bits per heavy atom. The highest BCUT2D eigenvalue weighted by Crippen LogP contribution is 2.52. The predicted molar refractivity (Wildman–Crippen MR) is 273 cm³/mol. The van der Waals surface area contributed by atoms with Gasteiger partial charge in [-0.15, -0.1) is 0 Å². The number of fused-ring (bicyclic) bond motifs is 12. The zero-order valence-corrected chi connectivity index (χ0v) is 36.6. The third-order valence-electron chi connectivity index (χ3n) is 15.0. The third kappa shape index (κ3) is 5.23. The average Bonchev–Trinajstić information content (AvgIpc) is 3.71. The van der Waals surface area contributed by atoms with Crippen LogP contribution in [0.4, 0.5) is 0 Å². The molecule has 0 heterocycles. The van der Waals surface area contributed by atoms with E-state index in [9.17, 15) is 0 Å². The van der Waals surface area contributed by atoms with Crippen LogP contribution in [-0.4, -0.2) is 0 Å². The topological polar surface area (TPSA) is 0 Å². The van der Waals surface area contributed by atoms with E-state index in [2.05, 4.69) is 234 Å². The van der Waals surface area contributed by atoms with Crippen LogP contribution >= 0.6 is 0 Å². The largest absolute Gasteiger partial charge is 0.0619 e. The summed E-state index contributed by atoms with van der Waals surface area (Å²) in [4.78, 5) is 0. The van der Waals surface area contributed by atoms with Crippen LogP contribution < -0.4 is 0 Å². The van der Waals surface area contributed by atoms with E-state index in [4.69, 9.17) is 0 Å². The van der Waals surface area contributed by atoms with Crippen molar-refractivity contribution in [3.63, 3.8) is 0 Å². The lowest BCUT2D eigenvalue weighted by molar-refractivity contribution is 0.660. The maximum Gasteiger partial charge on any atom is 0.0159 e. The molecule has 0 unspecified atom stereocenters. The van der Waals surface area contributed by atoms with Crippen LogP contribution in [0.2, 0.25) is 0 Å². The van der Waals surface area contributed by atoms with Gasteiger partial charge < -0.3 is 0 Å². The molecule has 0 amide bonds. The standard InChI is InChI=1S/C64H46/c1-63(2)56-25-11-9-21-48(56)50-30-28-42(37-58(50)63)40-16-13-18-44(35-40)60-52-23-7-8-24-53(52)61(62-54-32-27-39-15-5-6-20-46(39)47(54)33-34-55(60)62)45-19-14-17-41(36-45)43-29-31-51-49-22-10-12-26-57(49)64(3,4)59(51)38-43/h5-38H,1-4H3. The van der Waals surface area contributed by atoms with Gasteiger partial charge in [-0.05, 0) is 156 Å². The molecule has 0 saturated carbocycles. The van der Waals surface area contributed by atoms with Gasteiger partial charge in [0.2, 0.25) is 0 Å². The van der Waals surface area contributed by atoms with Gasteiger partial charge in [0.05, 0.1) is 0 Å². The van der Waals surface area contributed by atoms with Crippen molar-refractivity contribution in [2.24, 2.45) is 0 Å². The van der Waals surface area contributed by atoms with Crippen molar-refractivity contribution >= 4 is 43.1 Å². The molecule has 0 aliphatic heterocycles.